The Morgan fingerprint density at radius 2 is 2.04 bits per heavy atom. The molecule has 122 valence electrons. The van der Waals surface area contributed by atoms with E-state index in [1.165, 1.54) is 18.9 Å². The van der Waals surface area contributed by atoms with Crippen molar-refractivity contribution in [3.8, 4) is 11.5 Å². The Kier molecular flexibility index (Phi) is 5.10. The lowest BCUT2D eigenvalue weighted by Gasteiger charge is -2.06. The van der Waals surface area contributed by atoms with Gasteiger partial charge in [-0.25, -0.2) is 4.99 Å². The Balaban J connectivity index is 1.88. The van der Waals surface area contributed by atoms with Gasteiger partial charge >= 0.3 is 0 Å². The SMILES string of the molecule is COc1cc(C=C2SC(=Nc3ccccc3)NC2=O)cc(I)c1O. The molecule has 2 aromatic rings. The predicted octanol–water partition coefficient (Wildman–Crippen LogP) is 3.90. The molecule has 0 saturated carbocycles. The van der Waals surface area contributed by atoms with Crippen LogP contribution in [0, 0.1) is 3.57 Å². The highest BCUT2D eigenvalue weighted by molar-refractivity contribution is 14.1. The number of aromatic hydroxyl groups is 1. The minimum Gasteiger partial charge on any atom is -0.504 e. The number of amidine groups is 1. The van der Waals surface area contributed by atoms with E-state index in [0.29, 0.717) is 19.4 Å². The molecular formula is C17H13IN2O3S. The summed E-state index contributed by atoms with van der Waals surface area (Å²) in [5.41, 5.74) is 1.55. The van der Waals surface area contributed by atoms with Crippen molar-refractivity contribution in [2.24, 2.45) is 4.99 Å². The monoisotopic (exact) mass is 452 g/mol. The summed E-state index contributed by atoms with van der Waals surface area (Å²) in [5, 5.41) is 13.2. The number of aliphatic imine (C=N–C) groups is 1. The number of amides is 1. The number of ether oxygens (including phenoxy) is 1. The van der Waals surface area contributed by atoms with Crippen LogP contribution in [0.1, 0.15) is 5.56 Å². The van der Waals surface area contributed by atoms with Gasteiger partial charge in [0.25, 0.3) is 5.91 Å². The Bertz CT molecular complexity index is 850. The summed E-state index contributed by atoms with van der Waals surface area (Å²) in [4.78, 5) is 17.1. The molecule has 0 unspecified atom stereocenters. The van der Waals surface area contributed by atoms with Crippen molar-refractivity contribution in [1.82, 2.24) is 5.32 Å². The number of methoxy groups -OCH3 is 1. The first kappa shape index (κ1) is 16.8. The highest BCUT2D eigenvalue weighted by atomic mass is 127. The molecule has 24 heavy (non-hydrogen) atoms. The minimum absolute atomic E-state index is 0.0927. The first-order chi connectivity index (χ1) is 11.6. The molecule has 0 aliphatic carbocycles. The first-order valence-electron chi connectivity index (χ1n) is 6.98. The van der Waals surface area contributed by atoms with Crippen LogP contribution in [-0.4, -0.2) is 23.3 Å². The molecule has 1 amide bonds. The highest BCUT2D eigenvalue weighted by Crippen LogP contribution is 2.35. The number of nitrogens with one attached hydrogen (secondary N) is 1. The van der Waals surface area contributed by atoms with Gasteiger partial charge in [-0.15, -0.1) is 0 Å². The van der Waals surface area contributed by atoms with Crippen LogP contribution in [0.5, 0.6) is 11.5 Å². The van der Waals surface area contributed by atoms with Gasteiger partial charge < -0.3 is 15.2 Å². The summed E-state index contributed by atoms with van der Waals surface area (Å²) in [6, 6.07) is 12.9. The van der Waals surface area contributed by atoms with Gasteiger partial charge in [-0.3, -0.25) is 4.79 Å². The van der Waals surface area contributed by atoms with Gasteiger partial charge in [-0.1, -0.05) is 18.2 Å². The van der Waals surface area contributed by atoms with E-state index in [1.54, 1.807) is 18.2 Å². The molecule has 0 aromatic heterocycles. The van der Waals surface area contributed by atoms with Gasteiger partial charge in [0.15, 0.2) is 16.7 Å². The van der Waals surface area contributed by atoms with Gasteiger partial charge in [-0.05, 0) is 70.3 Å². The molecule has 7 heteroatoms. The van der Waals surface area contributed by atoms with E-state index in [9.17, 15) is 9.90 Å². The lowest BCUT2D eigenvalue weighted by atomic mass is 10.2. The molecule has 1 saturated heterocycles. The van der Waals surface area contributed by atoms with Crippen molar-refractivity contribution in [3.63, 3.8) is 0 Å². The molecule has 1 heterocycles. The van der Waals surface area contributed by atoms with E-state index >= 15 is 0 Å². The number of phenolic OH excluding ortho intramolecular Hbond substituents is 1. The summed E-state index contributed by atoms with van der Waals surface area (Å²) in [6.07, 6.45) is 1.75. The van der Waals surface area contributed by atoms with Gasteiger partial charge in [0, 0.05) is 0 Å². The fourth-order valence-corrected chi connectivity index (χ4v) is 3.55. The van der Waals surface area contributed by atoms with E-state index in [-0.39, 0.29) is 11.7 Å². The third kappa shape index (κ3) is 3.73. The minimum atomic E-state index is -0.197. The number of rotatable bonds is 3. The van der Waals surface area contributed by atoms with Gasteiger partial charge in [0.2, 0.25) is 0 Å². The average molecular weight is 452 g/mol. The largest absolute Gasteiger partial charge is 0.504 e. The fraction of sp³-hybridized carbons (Fsp3) is 0.0588. The number of carbonyl (C=O) groups excluding carboxylic acids is 1. The Labute approximate surface area is 157 Å². The van der Waals surface area contributed by atoms with Crippen molar-refractivity contribution in [2.75, 3.05) is 7.11 Å². The maximum absolute atomic E-state index is 12.1. The molecule has 2 aromatic carbocycles. The fourth-order valence-electron chi connectivity index (χ4n) is 2.08. The number of phenols is 1. The topological polar surface area (TPSA) is 70.9 Å². The van der Waals surface area contributed by atoms with E-state index in [4.69, 9.17) is 4.74 Å². The first-order valence-corrected chi connectivity index (χ1v) is 8.87. The van der Waals surface area contributed by atoms with Crippen molar-refractivity contribution in [2.45, 2.75) is 0 Å². The predicted molar refractivity (Wildman–Crippen MR) is 105 cm³/mol. The molecule has 0 spiro atoms. The van der Waals surface area contributed by atoms with Gasteiger partial charge in [0.05, 0.1) is 21.3 Å². The number of hydrogen-bond donors (Lipinski definition) is 2. The van der Waals surface area contributed by atoms with Gasteiger partial charge in [0.1, 0.15) is 0 Å². The molecule has 2 N–H and O–H groups in total. The number of hydrogen-bond acceptors (Lipinski definition) is 5. The van der Waals surface area contributed by atoms with Crippen molar-refractivity contribution in [3.05, 3.63) is 56.5 Å². The molecule has 3 rings (SSSR count). The second kappa shape index (κ2) is 7.27. The third-order valence-corrected chi connectivity index (χ3v) is 4.94. The molecular weight excluding hydrogens is 439 g/mol. The van der Waals surface area contributed by atoms with Crippen LogP contribution in [-0.2, 0) is 4.79 Å². The Hall–Kier alpha value is -2.00. The highest BCUT2D eigenvalue weighted by Gasteiger charge is 2.24. The maximum Gasteiger partial charge on any atom is 0.264 e. The quantitative estimate of drug-likeness (QED) is 0.548. The van der Waals surface area contributed by atoms with E-state index in [2.05, 4.69) is 10.3 Å². The Morgan fingerprint density at radius 1 is 1.29 bits per heavy atom. The molecule has 0 atom stereocenters. The number of thioether (sulfide) groups is 1. The van der Waals surface area contributed by atoms with E-state index in [0.717, 1.165) is 11.3 Å². The van der Waals surface area contributed by atoms with Crippen molar-refractivity contribution >= 4 is 57.2 Å². The standard InChI is InChI=1S/C17H13IN2O3S/c1-23-13-8-10(7-12(18)15(13)21)9-14-16(22)20-17(24-14)19-11-5-3-2-4-6-11/h2-9,21H,1H3,(H,19,20,22). The van der Waals surface area contributed by atoms with Crippen molar-refractivity contribution in [1.29, 1.82) is 0 Å². The molecule has 1 fully saturated rings. The zero-order valence-corrected chi connectivity index (χ0v) is 15.6. The number of halogens is 1. The second-order valence-electron chi connectivity index (χ2n) is 4.87. The molecule has 5 nitrogen and oxygen atoms in total. The van der Waals surface area contributed by atoms with Crippen LogP contribution in [0.25, 0.3) is 6.08 Å². The summed E-state index contributed by atoms with van der Waals surface area (Å²) in [7, 11) is 1.49. The zero-order chi connectivity index (χ0) is 17.1. The lowest BCUT2D eigenvalue weighted by molar-refractivity contribution is -0.115. The average Bonchev–Trinajstić information content (AvgIpc) is 2.91. The lowest BCUT2D eigenvalue weighted by Crippen LogP contribution is -2.19. The van der Waals surface area contributed by atoms with Gasteiger partial charge in [-0.2, -0.15) is 0 Å². The van der Waals surface area contributed by atoms with Crippen molar-refractivity contribution < 1.29 is 14.6 Å². The van der Waals surface area contributed by atoms with Crippen LogP contribution in [0.3, 0.4) is 0 Å². The molecule has 0 bridgehead atoms. The van der Waals surface area contributed by atoms with Crippen LogP contribution in [0.4, 0.5) is 5.69 Å². The number of benzene rings is 2. The number of para-hydroxylation sites is 1. The maximum atomic E-state index is 12.1. The molecule has 1 aliphatic rings. The normalized spacial score (nSPS) is 17.3. The number of nitrogens with zero attached hydrogens (tertiary/aromatic N) is 1. The Morgan fingerprint density at radius 3 is 2.75 bits per heavy atom. The van der Waals surface area contributed by atoms with Crippen LogP contribution < -0.4 is 10.1 Å². The zero-order valence-electron chi connectivity index (χ0n) is 12.6. The smallest absolute Gasteiger partial charge is 0.264 e. The summed E-state index contributed by atoms with van der Waals surface area (Å²) in [6.45, 7) is 0. The summed E-state index contributed by atoms with van der Waals surface area (Å²) < 4.78 is 5.80. The summed E-state index contributed by atoms with van der Waals surface area (Å²) in [5.74, 6) is 0.266. The second-order valence-corrected chi connectivity index (χ2v) is 7.06. The third-order valence-electron chi connectivity index (χ3n) is 3.21. The number of carbonyl (C=O) groups is 1. The van der Waals surface area contributed by atoms with E-state index in [1.807, 2.05) is 52.9 Å². The van der Waals surface area contributed by atoms with Crippen LogP contribution >= 0.6 is 34.4 Å². The van der Waals surface area contributed by atoms with E-state index < -0.39 is 0 Å². The molecule has 1 aliphatic heterocycles. The molecule has 0 radical (unpaired) electrons. The van der Waals surface area contributed by atoms with Crippen LogP contribution in [0.2, 0.25) is 0 Å². The van der Waals surface area contributed by atoms with Crippen LogP contribution in [0.15, 0.2) is 52.4 Å². The summed E-state index contributed by atoms with van der Waals surface area (Å²) >= 11 is 3.30.